The number of methoxy groups -OCH3 is 1. The molecule has 72 valence electrons. The van der Waals surface area contributed by atoms with Crippen LogP contribution in [-0.4, -0.2) is 34.3 Å². The van der Waals surface area contributed by atoms with Crippen molar-refractivity contribution in [3.05, 3.63) is 12.2 Å². The van der Waals surface area contributed by atoms with Gasteiger partial charge in [-0.15, -0.1) is 0 Å². The lowest BCUT2D eigenvalue weighted by Gasteiger charge is -2.09. The number of carbonyl (C=O) groups is 1. The standard InChI is InChI=1S/C7H12N4O2/c1-5(7(12)13-2)8-3-6-9-4-10-11-6/h4-5,8H,3H2,1-2H3,(H,9,10,11). The summed E-state index contributed by atoms with van der Waals surface area (Å²) in [5.41, 5.74) is 0. The molecule has 0 fully saturated rings. The van der Waals surface area contributed by atoms with Crippen LogP contribution in [0.1, 0.15) is 12.7 Å². The maximum atomic E-state index is 10.9. The molecule has 1 atom stereocenters. The van der Waals surface area contributed by atoms with Crippen molar-refractivity contribution in [1.29, 1.82) is 0 Å². The van der Waals surface area contributed by atoms with E-state index in [1.54, 1.807) is 6.92 Å². The summed E-state index contributed by atoms with van der Waals surface area (Å²) in [6, 6.07) is -0.338. The summed E-state index contributed by atoms with van der Waals surface area (Å²) in [4.78, 5) is 14.8. The zero-order valence-electron chi connectivity index (χ0n) is 7.57. The van der Waals surface area contributed by atoms with E-state index in [-0.39, 0.29) is 12.0 Å². The zero-order valence-corrected chi connectivity index (χ0v) is 7.57. The lowest BCUT2D eigenvalue weighted by atomic mass is 10.3. The number of carbonyl (C=O) groups excluding carboxylic acids is 1. The molecule has 1 rings (SSSR count). The van der Waals surface area contributed by atoms with E-state index in [2.05, 4.69) is 25.2 Å². The molecule has 0 saturated heterocycles. The summed E-state index contributed by atoms with van der Waals surface area (Å²) in [5.74, 6) is 0.398. The van der Waals surface area contributed by atoms with Gasteiger partial charge in [0.1, 0.15) is 18.2 Å². The first-order chi connectivity index (χ1) is 6.24. The molecule has 6 heteroatoms. The summed E-state index contributed by atoms with van der Waals surface area (Å²) < 4.78 is 4.53. The fraction of sp³-hybridized carbons (Fsp3) is 0.571. The predicted octanol–water partition coefficient (Wildman–Crippen LogP) is -0.544. The molecular formula is C7H12N4O2. The summed E-state index contributed by atoms with van der Waals surface area (Å²) in [6.45, 7) is 2.19. The molecule has 0 aromatic carbocycles. The van der Waals surface area contributed by atoms with Gasteiger partial charge in [0, 0.05) is 0 Å². The Labute approximate surface area is 75.7 Å². The molecule has 1 heterocycles. The molecule has 1 aromatic rings. The van der Waals surface area contributed by atoms with Crippen LogP contribution in [0.5, 0.6) is 0 Å². The second-order valence-corrected chi connectivity index (χ2v) is 2.56. The van der Waals surface area contributed by atoms with Crippen LogP contribution in [0.2, 0.25) is 0 Å². The molecule has 0 saturated carbocycles. The number of nitrogens with zero attached hydrogens (tertiary/aromatic N) is 2. The van der Waals surface area contributed by atoms with Crippen molar-refractivity contribution in [3.8, 4) is 0 Å². The number of nitrogens with one attached hydrogen (secondary N) is 2. The molecule has 2 N–H and O–H groups in total. The molecule has 0 aliphatic rings. The smallest absolute Gasteiger partial charge is 0.322 e. The number of aromatic nitrogens is 3. The van der Waals surface area contributed by atoms with Gasteiger partial charge in [-0.2, -0.15) is 5.10 Å². The highest BCUT2D eigenvalue weighted by Crippen LogP contribution is 1.89. The Balaban J connectivity index is 2.30. The molecule has 1 aromatic heterocycles. The van der Waals surface area contributed by atoms with Crippen LogP contribution in [0.4, 0.5) is 0 Å². The fourth-order valence-corrected chi connectivity index (χ4v) is 0.826. The molecule has 0 spiro atoms. The first-order valence-corrected chi connectivity index (χ1v) is 3.89. The first kappa shape index (κ1) is 9.66. The number of esters is 1. The van der Waals surface area contributed by atoms with Gasteiger partial charge in [0.15, 0.2) is 0 Å². The topological polar surface area (TPSA) is 79.9 Å². The molecule has 0 bridgehead atoms. The lowest BCUT2D eigenvalue weighted by Crippen LogP contribution is -2.34. The Morgan fingerprint density at radius 2 is 2.62 bits per heavy atom. The maximum absolute atomic E-state index is 10.9. The van der Waals surface area contributed by atoms with Crippen LogP contribution in [0, 0.1) is 0 Å². The van der Waals surface area contributed by atoms with E-state index < -0.39 is 0 Å². The number of ether oxygens (including phenoxy) is 1. The highest BCUT2D eigenvalue weighted by molar-refractivity contribution is 5.74. The van der Waals surface area contributed by atoms with Gasteiger partial charge in [-0.05, 0) is 6.92 Å². The molecule has 0 aliphatic heterocycles. The van der Waals surface area contributed by atoms with Crippen LogP contribution in [0.3, 0.4) is 0 Å². The Morgan fingerprint density at radius 1 is 1.85 bits per heavy atom. The van der Waals surface area contributed by atoms with Gasteiger partial charge < -0.3 is 4.74 Å². The number of aromatic amines is 1. The largest absolute Gasteiger partial charge is 0.468 e. The Morgan fingerprint density at radius 3 is 3.15 bits per heavy atom. The number of rotatable bonds is 4. The van der Waals surface area contributed by atoms with E-state index in [1.165, 1.54) is 13.4 Å². The summed E-state index contributed by atoms with van der Waals surface area (Å²) in [6.07, 6.45) is 1.42. The van der Waals surface area contributed by atoms with Gasteiger partial charge in [0.05, 0.1) is 13.7 Å². The molecule has 1 unspecified atom stereocenters. The Hall–Kier alpha value is -1.43. The third kappa shape index (κ3) is 2.83. The van der Waals surface area contributed by atoms with Crippen LogP contribution in [0.25, 0.3) is 0 Å². The van der Waals surface area contributed by atoms with Crippen molar-refractivity contribution >= 4 is 5.97 Å². The van der Waals surface area contributed by atoms with Crippen LogP contribution < -0.4 is 5.32 Å². The minimum atomic E-state index is -0.338. The molecule has 13 heavy (non-hydrogen) atoms. The quantitative estimate of drug-likeness (QED) is 0.614. The van der Waals surface area contributed by atoms with E-state index in [0.717, 1.165) is 0 Å². The average molecular weight is 184 g/mol. The van der Waals surface area contributed by atoms with E-state index in [1.807, 2.05) is 0 Å². The molecule has 6 nitrogen and oxygen atoms in total. The van der Waals surface area contributed by atoms with Gasteiger partial charge in [0.25, 0.3) is 0 Å². The monoisotopic (exact) mass is 184 g/mol. The molecular weight excluding hydrogens is 172 g/mol. The second kappa shape index (κ2) is 4.56. The van der Waals surface area contributed by atoms with Crippen molar-refractivity contribution in [1.82, 2.24) is 20.5 Å². The van der Waals surface area contributed by atoms with Crippen LogP contribution in [0.15, 0.2) is 6.33 Å². The summed E-state index contributed by atoms with van der Waals surface area (Å²) >= 11 is 0. The molecule has 0 amide bonds. The lowest BCUT2D eigenvalue weighted by molar-refractivity contribution is -0.142. The van der Waals surface area contributed by atoms with Crippen LogP contribution >= 0.6 is 0 Å². The highest BCUT2D eigenvalue weighted by atomic mass is 16.5. The minimum Gasteiger partial charge on any atom is -0.468 e. The normalized spacial score (nSPS) is 12.5. The Bertz CT molecular complexity index is 259. The maximum Gasteiger partial charge on any atom is 0.322 e. The predicted molar refractivity (Wildman–Crippen MR) is 44.7 cm³/mol. The fourth-order valence-electron chi connectivity index (χ4n) is 0.826. The average Bonchev–Trinajstić information content (AvgIpc) is 2.65. The second-order valence-electron chi connectivity index (χ2n) is 2.56. The third-order valence-corrected chi connectivity index (χ3v) is 1.60. The highest BCUT2D eigenvalue weighted by Gasteiger charge is 2.11. The van der Waals surface area contributed by atoms with E-state index in [0.29, 0.717) is 12.4 Å². The summed E-state index contributed by atoms with van der Waals surface area (Å²) in [5, 5.41) is 9.27. The van der Waals surface area contributed by atoms with Crippen molar-refractivity contribution in [2.24, 2.45) is 0 Å². The zero-order chi connectivity index (χ0) is 9.68. The molecule has 0 radical (unpaired) electrons. The van der Waals surface area contributed by atoms with Crippen molar-refractivity contribution in [2.75, 3.05) is 7.11 Å². The van der Waals surface area contributed by atoms with Crippen molar-refractivity contribution < 1.29 is 9.53 Å². The first-order valence-electron chi connectivity index (χ1n) is 3.89. The van der Waals surface area contributed by atoms with E-state index >= 15 is 0 Å². The SMILES string of the molecule is COC(=O)C(C)NCc1ncn[nH]1. The minimum absolute atomic E-state index is 0.292. The van der Waals surface area contributed by atoms with Crippen molar-refractivity contribution in [2.45, 2.75) is 19.5 Å². The molecule has 0 aliphatic carbocycles. The third-order valence-electron chi connectivity index (χ3n) is 1.60. The van der Waals surface area contributed by atoms with Crippen LogP contribution in [-0.2, 0) is 16.1 Å². The van der Waals surface area contributed by atoms with Gasteiger partial charge in [-0.25, -0.2) is 4.98 Å². The van der Waals surface area contributed by atoms with Gasteiger partial charge >= 0.3 is 5.97 Å². The van der Waals surface area contributed by atoms with Gasteiger partial charge in [-0.3, -0.25) is 15.2 Å². The number of hydrogen-bond donors (Lipinski definition) is 2. The Kier molecular flexibility index (Phi) is 3.39. The van der Waals surface area contributed by atoms with E-state index in [9.17, 15) is 4.79 Å². The van der Waals surface area contributed by atoms with E-state index in [4.69, 9.17) is 0 Å². The van der Waals surface area contributed by atoms with Crippen molar-refractivity contribution in [3.63, 3.8) is 0 Å². The van der Waals surface area contributed by atoms with Gasteiger partial charge in [-0.1, -0.05) is 0 Å². The summed E-state index contributed by atoms with van der Waals surface area (Å²) in [7, 11) is 1.36. The number of H-pyrrole nitrogens is 1. The van der Waals surface area contributed by atoms with Gasteiger partial charge in [0.2, 0.25) is 0 Å². The number of hydrogen-bond acceptors (Lipinski definition) is 5.